The van der Waals surface area contributed by atoms with Gasteiger partial charge < -0.3 is 5.32 Å². The van der Waals surface area contributed by atoms with E-state index >= 15 is 0 Å². The van der Waals surface area contributed by atoms with Crippen LogP contribution in [0.15, 0.2) is 42.9 Å². The molecule has 2 aromatic heterocycles. The maximum absolute atomic E-state index is 10.3. The minimum absolute atomic E-state index is 0.624. The molecule has 15 heavy (non-hydrogen) atoms. The van der Waals surface area contributed by atoms with Crippen LogP contribution in [0.2, 0.25) is 0 Å². The Morgan fingerprint density at radius 2 is 2.20 bits per heavy atom. The molecule has 0 aliphatic carbocycles. The number of nitrogens with zero attached hydrogens (tertiary/aromatic N) is 2. The Bertz CT molecular complexity index is 456. The van der Waals surface area contributed by atoms with Crippen molar-refractivity contribution in [3.63, 3.8) is 0 Å². The average Bonchev–Trinajstić information content (AvgIpc) is 2.31. The van der Waals surface area contributed by atoms with Crippen molar-refractivity contribution in [1.82, 2.24) is 9.97 Å². The van der Waals surface area contributed by atoms with Crippen LogP contribution >= 0.6 is 0 Å². The molecule has 0 fully saturated rings. The van der Waals surface area contributed by atoms with E-state index in [1.54, 1.807) is 18.6 Å². The molecule has 2 rings (SSSR count). The molecule has 4 heteroatoms. The Kier molecular flexibility index (Phi) is 2.69. The SMILES string of the molecule is O=CNc1cncc(-c2ccccn2)c1. The van der Waals surface area contributed by atoms with Gasteiger partial charge in [-0.25, -0.2) is 0 Å². The van der Waals surface area contributed by atoms with Crippen molar-refractivity contribution >= 4 is 12.1 Å². The van der Waals surface area contributed by atoms with Gasteiger partial charge in [-0.3, -0.25) is 14.8 Å². The van der Waals surface area contributed by atoms with E-state index in [0.29, 0.717) is 12.1 Å². The van der Waals surface area contributed by atoms with Gasteiger partial charge in [0.2, 0.25) is 6.41 Å². The number of anilines is 1. The van der Waals surface area contributed by atoms with E-state index in [0.717, 1.165) is 11.3 Å². The highest BCUT2D eigenvalue weighted by Gasteiger charge is 1.99. The number of aromatic nitrogens is 2. The van der Waals surface area contributed by atoms with Crippen LogP contribution in [0.3, 0.4) is 0 Å². The maximum atomic E-state index is 10.3. The molecule has 74 valence electrons. The van der Waals surface area contributed by atoms with Crippen molar-refractivity contribution in [1.29, 1.82) is 0 Å². The number of pyridine rings is 2. The summed E-state index contributed by atoms with van der Waals surface area (Å²) in [6.45, 7) is 0. The lowest BCUT2D eigenvalue weighted by Gasteiger charge is -2.02. The third-order valence-electron chi connectivity index (χ3n) is 1.92. The number of amides is 1. The van der Waals surface area contributed by atoms with E-state index in [1.165, 1.54) is 0 Å². The Labute approximate surface area is 87.0 Å². The first-order chi connectivity index (χ1) is 7.40. The summed E-state index contributed by atoms with van der Waals surface area (Å²) in [4.78, 5) is 18.5. The molecule has 0 atom stereocenters. The molecule has 4 nitrogen and oxygen atoms in total. The molecular formula is C11H9N3O. The Morgan fingerprint density at radius 3 is 2.93 bits per heavy atom. The van der Waals surface area contributed by atoms with E-state index < -0.39 is 0 Å². The predicted molar refractivity (Wildman–Crippen MR) is 57.2 cm³/mol. The first-order valence-corrected chi connectivity index (χ1v) is 4.47. The lowest BCUT2D eigenvalue weighted by atomic mass is 10.2. The van der Waals surface area contributed by atoms with Gasteiger partial charge >= 0.3 is 0 Å². The monoisotopic (exact) mass is 199 g/mol. The van der Waals surface area contributed by atoms with Crippen LogP contribution in [0, 0.1) is 0 Å². The number of rotatable bonds is 3. The van der Waals surface area contributed by atoms with Gasteiger partial charge in [-0.2, -0.15) is 0 Å². The van der Waals surface area contributed by atoms with Gasteiger partial charge in [-0.15, -0.1) is 0 Å². The van der Waals surface area contributed by atoms with Crippen LogP contribution in [-0.2, 0) is 4.79 Å². The number of nitrogens with one attached hydrogen (secondary N) is 1. The molecule has 0 spiro atoms. The van der Waals surface area contributed by atoms with Crippen molar-refractivity contribution in [3.8, 4) is 11.3 Å². The van der Waals surface area contributed by atoms with Gasteiger partial charge in [-0.1, -0.05) is 6.07 Å². The second-order valence-corrected chi connectivity index (χ2v) is 2.94. The fourth-order valence-electron chi connectivity index (χ4n) is 1.26. The van der Waals surface area contributed by atoms with E-state index in [9.17, 15) is 4.79 Å². The van der Waals surface area contributed by atoms with Gasteiger partial charge in [0, 0.05) is 18.0 Å². The summed E-state index contributed by atoms with van der Waals surface area (Å²) < 4.78 is 0. The van der Waals surface area contributed by atoms with Crippen LogP contribution in [0.25, 0.3) is 11.3 Å². The molecule has 1 amide bonds. The maximum Gasteiger partial charge on any atom is 0.211 e. The minimum atomic E-state index is 0.624. The molecule has 0 aliphatic heterocycles. The van der Waals surface area contributed by atoms with Crippen LogP contribution in [-0.4, -0.2) is 16.4 Å². The fraction of sp³-hybridized carbons (Fsp3) is 0. The van der Waals surface area contributed by atoms with Crippen molar-refractivity contribution in [2.45, 2.75) is 0 Å². The molecule has 0 aromatic carbocycles. The average molecular weight is 199 g/mol. The summed E-state index contributed by atoms with van der Waals surface area (Å²) in [6, 6.07) is 7.47. The van der Waals surface area contributed by atoms with E-state index in [-0.39, 0.29) is 0 Å². The van der Waals surface area contributed by atoms with E-state index in [4.69, 9.17) is 0 Å². The minimum Gasteiger partial charge on any atom is -0.327 e. The van der Waals surface area contributed by atoms with E-state index in [2.05, 4.69) is 15.3 Å². The molecular weight excluding hydrogens is 190 g/mol. The highest BCUT2D eigenvalue weighted by Crippen LogP contribution is 2.18. The first-order valence-electron chi connectivity index (χ1n) is 4.47. The lowest BCUT2D eigenvalue weighted by Crippen LogP contribution is -1.94. The summed E-state index contributed by atoms with van der Waals surface area (Å²) >= 11 is 0. The molecule has 1 N–H and O–H groups in total. The molecule has 0 unspecified atom stereocenters. The first kappa shape index (κ1) is 9.33. The molecule has 0 saturated heterocycles. The van der Waals surface area contributed by atoms with Gasteiger partial charge in [0.25, 0.3) is 0 Å². The smallest absolute Gasteiger partial charge is 0.211 e. The van der Waals surface area contributed by atoms with Crippen LogP contribution in [0.5, 0.6) is 0 Å². The second kappa shape index (κ2) is 4.32. The molecule has 0 bridgehead atoms. The summed E-state index contributed by atoms with van der Waals surface area (Å²) in [5, 5.41) is 2.55. The highest BCUT2D eigenvalue weighted by atomic mass is 16.1. The lowest BCUT2D eigenvalue weighted by molar-refractivity contribution is -0.105. The zero-order valence-electron chi connectivity index (χ0n) is 7.92. The summed E-state index contributed by atoms with van der Waals surface area (Å²) in [6.07, 6.45) is 5.63. The summed E-state index contributed by atoms with van der Waals surface area (Å²) in [7, 11) is 0. The summed E-state index contributed by atoms with van der Waals surface area (Å²) in [5.74, 6) is 0. The zero-order chi connectivity index (χ0) is 10.5. The number of hydrogen-bond acceptors (Lipinski definition) is 3. The summed E-state index contributed by atoms with van der Waals surface area (Å²) in [5.41, 5.74) is 2.37. The number of carbonyl (C=O) groups is 1. The van der Waals surface area contributed by atoms with Crippen molar-refractivity contribution in [2.75, 3.05) is 5.32 Å². The van der Waals surface area contributed by atoms with Crippen LogP contribution in [0.4, 0.5) is 5.69 Å². The normalized spacial score (nSPS) is 9.60. The molecule has 0 saturated carbocycles. The Morgan fingerprint density at radius 1 is 1.27 bits per heavy atom. The quantitative estimate of drug-likeness (QED) is 0.765. The van der Waals surface area contributed by atoms with E-state index in [1.807, 2.05) is 24.3 Å². The third-order valence-corrected chi connectivity index (χ3v) is 1.92. The van der Waals surface area contributed by atoms with Crippen molar-refractivity contribution in [2.24, 2.45) is 0 Å². The number of hydrogen-bond donors (Lipinski definition) is 1. The van der Waals surface area contributed by atoms with Crippen LogP contribution < -0.4 is 5.32 Å². The molecule has 2 aromatic rings. The highest BCUT2D eigenvalue weighted by molar-refractivity contribution is 5.73. The predicted octanol–water partition coefficient (Wildman–Crippen LogP) is 1.71. The zero-order valence-corrected chi connectivity index (χ0v) is 7.92. The van der Waals surface area contributed by atoms with Gasteiger partial charge in [0.15, 0.2) is 0 Å². The van der Waals surface area contributed by atoms with Crippen molar-refractivity contribution in [3.05, 3.63) is 42.9 Å². The van der Waals surface area contributed by atoms with Crippen LogP contribution in [0.1, 0.15) is 0 Å². The van der Waals surface area contributed by atoms with Gasteiger partial charge in [0.05, 0.1) is 17.6 Å². The molecule has 2 heterocycles. The third kappa shape index (κ3) is 2.17. The molecule has 0 aliphatic rings. The Hall–Kier alpha value is -2.23. The number of carbonyl (C=O) groups excluding carboxylic acids is 1. The topological polar surface area (TPSA) is 54.9 Å². The largest absolute Gasteiger partial charge is 0.327 e. The Balaban J connectivity index is 2.37. The molecule has 0 radical (unpaired) electrons. The van der Waals surface area contributed by atoms with Crippen molar-refractivity contribution < 1.29 is 4.79 Å². The fourth-order valence-corrected chi connectivity index (χ4v) is 1.26. The van der Waals surface area contributed by atoms with Gasteiger partial charge in [-0.05, 0) is 18.2 Å². The standard InChI is InChI=1S/C11H9N3O/c15-8-14-10-5-9(6-12-7-10)11-3-1-2-4-13-11/h1-8H,(H,14,15). The van der Waals surface area contributed by atoms with Gasteiger partial charge in [0.1, 0.15) is 0 Å². The second-order valence-electron chi connectivity index (χ2n) is 2.94.